The van der Waals surface area contributed by atoms with Gasteiger partial charge in [-0.25, -0.2) is 8.42 Å². The van der Waals surface area contributed by atoms with E-state index in [1.165, 1.54) is 11.3 Å². The Morgan fingerprint density at radius 2 is 2.00 bits per heavy atom. The van der Waals surface area contributed by atoms with Crippen LogP contribution in [0, 0.1) is 5.41 Å². The molecule has 26 heavy (non-hydrogen) atoms. The lowest BCUT2D eigenvalue weighted by Crippen LogP contribution is -2.52. The normalized spacial score (nSPS) is 19.8. The van der Waals surface area contributed by atoms with Crippen molar-refractivity contribution in [2.45, 2.75) is 19.8 Å². The molecule has 0 radical (unpaired) electrons. The van der Waals surface area contributed by atoms with Gasteiger partial charge in [0, 0.05) is 50.9 Å². The minimum absolute atomic E-state index is 0. The van der Waals surface area contributed by atoms with E-state index in [0.717, 1.165) is 51.5 Å². The standard InChI is InChI=1S/C17H28N4O2S2.HI/c1-3-18-16(19-13-17(6-7-17)14-25(2,22)23)21-10-8-20(9-11-21)15-5-4-12-24-15;/h4-5,12H,3,6-11,13-14H2,1-2H3,(H,18,19);1H. The molecule has 6 nitrogen and oxygen atoms in total. The quantitative estimate of drug-likeness (QED) is 0.360. The maximum Gasteiger partial charge on any atom is 0.194 e. The van der Waals surface area contributed by atoms with Gasteiger partial charge in [0.15, 0.2) is 5.96 Å². The van der Waals surface area contributed by atoms with Gasteiger partial charge in [0.2, 0.25) is 0 Å². The van der Waals surface area contributed by atoms with Crippen LogP contribution in [-0.4, -0.2) is 70.6 Å². The number of hydrogen-bond acceptors (Lipinski definition) is 5. The van der Waals surface area contributed by atoms with Crippen LogP contribution in [0.5, 0.6) is 0 Å². The number of hydrogen-bond donors (Lipinski definition) is 1. The molecule has 9 heteroatoms. The van der Waals surface area contributed by atoms with Gasteiger partial charge in [0.1, 0.15) is 9.84 Å². The van der Waals surface area contributed by atoms with Gasteiger partial charge in [-0.15, -0.1) is 35.3 Å². The fraction of sp³-hybridized carbons (Fsp3) is 0.706. The Balaban J connectivity index is 0.00000243. The number of sulfone groups is 1. The lowest BCUT2D eigenvalue weighted by atomic mass is 10.1. The van der Waals surface area contributed by atoms with E-state index in [0.29, 0.717) is 6.54 Å². The average Bonchev–Trinajstić information content (AvgIpc) is 3.10. The van der Waals surface area contributed by atoms with Gasteiger partial charge in [-0.1, -0.05) is 0 Å². The smallest absolute Gasteiger partial charge is 0.194 e. The molecule has 0 atom stereocenters. The van der Waals surface area contributed by atoms with E-state index in [9.17, 15) is 8.42 Å². The molecule has 1 saturated carbocycles. The number of guanidine groups is 1. The highest BCUT2D eigenvalue weighted by Gasteiger charge is 2.45. The van der Waals surface area contributed by atoms with Crippen molar-refractivity contribution < 1.29 is 8.42 Å². The lowest BCUT2D eigenvalue weighted by Gasteiger charge is -2.37. The Morgan fingerprint density at radius 1 is 1.31 bits per heavy atom. The second kappa shape index (κ2) is 9.09. The Morgan fingerprint density at radius 3 is 2.50 bits per heavy atom. The first kappa shape index (κ1) is 21.7. The van der Waals surface area contributed by atoms with Crippen LogP contribution < -0.4 is 10.2 Å². The Kier molecular flexibility index (Phi) is 7.61. The van der Waals surface area contributed by atoms with Crippen molar-refractivity contribution in [2.75, 3.05) is 56.2 Å². The van der Waals surface area contributed by atoms with Crippen molar-refractivity contribution in [3.63, 3.8) is 0 Å². The zero-order valence-electron chi connectivity index (χ0n) is 15.5. The summed E-state index contributed by atoms with van der Waals surface area (Å²) in [5.74, 6) is 1.18. The van der Waals surface area contributed by atoms with Gasteiger partial charge in [0.25, 0.3) is 0 Å². The molecule has 2 fully saturated rings. The van der Waals surface area contributed by atoms with Gasteiger partial charge in [-0.05, 0) is 37.3 Å². The van der Waals surface area contributed by atoms with Crippen LogP contribution in [0.25, 0.3) is 0 Å². The highest BCUT2D eigenvalue weighted by atomic mass is 127. The molecular weight excluding hydrogens is 483 g/mol. The topological polar surface area (TPSA) is 65.0 Å². The van der Waals surface area contributed by atoms with Crippen LogP contribution in [0.1, 0.15) is 19.8 Å². The maximum atomic E-state index is 11.6. The van der Waals surface area contributed by atoms with Gasteiger partial charge in [0.05, 0.1) is 10.8 Å². The second-order valence-corrected chi connectivity index (χ2v) is 10.2. The largest absolute Gasteiger partial charge is 0.360 e. The highest BCUT2D eigenvalue weighted by molar-refractivity contribution is 14.0. The summed E-state index contributed by atoms with van der Waals surface area (Å²) in [7, 11) is -2.95. The maximum absolute atomic E-state index is 11.6. The molecule has 1 aromatic rings. The number of piperazine rings is 1. The minimum atomic E-state index is -2.95. The third-order valence-electron chi connectivity index (χ3n) is 4.82. The number of aliphatic imine (C=N–C) groups is 1. The molecule has 1 aromatic heterocycles. The summed E-state index contributed by atoms with van der Waals surface area (Å²) in [5, 5.41) is 6.82. The van der Waals surface area contributed by atoms with Crippen LogP contribution in [0.4, 0.5) is 5.00 Å². The molecular formula is C17H29IN4O2S2. The van der Waals surface area contributed by atoms with E-state index in [2.05, 4.69) is 39.6 Å². The lowest BCUT2D eigenvalue weighted by molar-refractivity contribution is 0.372. The molecule has 0 amide bonds. The molecule has 0 unspecified atom stereocenters. The van der Waals surface area contributed by atoms with Crippen molar-refractivity contribution in [3.8, 4) is 0 Å². The van der Waals surface area contributed by atoms with Gasteiger partial charge >= 0.3 is 0 Å². The minimum Gasteiger partial charge on any atom is -0.360 e. The summed E-state index contributed by atoms with van der Waals surface area (Å²) in [6, 6.07) is 4.26. The molecule has 0 aromatic carbocycles. The molecule has 2 heterocycles. The predicted molar refractivity (Wildman–Crippen MR) is 121 cm³/mol. The van der Waals surface area contributed by atoms with E-state index in [4.69, 9.17) is 4.99 Å². The zero-order valence-corrected chi connectivity index (χ0v) is 19.4. The first-order valence-electron chi connectivity index (χ1n) is 8.90. The summed E-state index contributed by atoms with van der Waals surface area (Å²) in [6.07, 6.45) is 3.26. The third kappa shape index (κ3) is 5.98. The molecule has 2 aliphatic rings. The molecule has 1 aliphatic heterocycles. The van der Waals surface area contributed by atoms with Crippen LogP contribution in [-0.2, 0) is 9.84 Å². The number of anilines is 1. The Labute approximate surface area is 178 Å². The summed E-state index contributed by atoms with van der Waals surface area (Å²) in [4.78, 5) is 9.50. The summed E-state index contributed by atoms with van der Waals surface area (Å²) >= 11 is 1.78. The number of thiophene rings is 1. The molecule has 148 valence electrons. The van der Waals surface area contributed by atoms with Crippen molar-refractivity contribution in [3.05, 3.63) is 17.5 Å². The summed E-state index contributed by atoms with van der Waals surface area (Å²) in [5.41, 5.74) is -0.118. The fourth-order valence-electron chi connectivity index (χ4n) is 3.34. The number of rotatable bonds is 6. The van der Waals surface area contributed by atoms with Crippen LogP contribution in [0.3, 0.4) is 0 Å². The summed E-state index contributed by atoms with van der Waals surface area (Å²) < 4.78 is 23.3. The van der Waals surface area contributed by atoms with Gasteiger partial charge < -0.3 is 15.1 Å². The SMILES string of the molecule is CCNC(=NCC1(CS(C)(=O)=O)CC1)N1CCN(c2cccs2)CC1.I. The zero-order chi connectivity index (χ0) is 17.9. The molecule has 1 saturated heterocycles. The van der Waals surface area contributed by atoms with E-state index >= 15 is 0 Å². The van der Waals surface area contributed by atoms with Crippen molar-refractivity contribution >= 4 is 56.1 Å². The van der Waals surface area contributed by atoms with Crippen molar-refractivity contribution in [1.82, 2.24) is 10.2 Å². The molecule has 3 rings (SSSR count). The summed E-state index contributed by atoms with van der Waals surface area (Å²) in [6.45, 7) is 7.34. The first-order chi connectivity index (χ1) is 11.9. The van der Waals surface area contributed by atoms with Crippen LogP contribution in [0.2, 0.25) is 0 Å². The molecule has 1 N–H and O–H groups in total. The fourth-order valence-corrected chi connectivity index (χ4v) is 5.62. The van der Waals surface area contributed by atoms with Crippen LogP contribution in [0.15, 0.2) is 22.5 Å². The van der Waals surface area contributed by atoms with Crippen molar-refractivity contribution in [1.29, 1.82) is 0 Å². The van der Waals surface area contributed by atoms with Crippen molar-refractivity contribution in [2.24, 2.45) is 10.4 Å². The Hall–Kier alpha value is -0.550. The van der Waals surface area contributed by atoms with Crippen LogP contribution >= 0.6 is 35.3 Å². The first-order valence-corrected chi connectivity index (χ1v) is 11.8. The monoisotopic (exact) mass is 512 g/mol. The number of halogens is 1. The number of nitrogens with one attached hydrogen (secondary N) is 1. The average molecular weight is 512 g/mol. The highest BCUT2D eigenvalue weighted by Crippen LogP contribution is 2.46. The molecule has 0 bridgehead atoms. The Bertz CT molecular complexity index is 694. The molecule has 0 spiro atoms. The van der Waals surface area contributed by atoms with E-state index in [1.807, 2.05) is 0 Å². The van der Waals surface area contributed by atoms with E-state index in [1.54, 1.807) is 11.3 Å². The van der Waals surface area contributed by atoms with E-state index in [-0.39, 0.29) is 35.1 Å². The number of nitrogens with zero attached hydrogens (tertiary/aromatic N) is 3. The predicted octanol–water partition coefficient (Wildman–Crippen LogP) is 2.28. The van der Waals surface area contributed by atoms with Gasteiger partial charge in [-0.3, -0.25) is 4.99 Å². The van der Waals surface area contributed by atoms with Gasteiger partial charge in [-0.2, -0.15) is 0 Å². The molecule has 1 aliphatic carbocycles. The van der Waals surface area contributed by atoms with E-state index < -0.39 is 9.84 Å². The third-order valence-corrected chi connectivity index (χ3v) is 6.89. The second-order valence-electron chi connectivity index (χ2n) is 7.17.